The van der Waals surface area contributed by atoms with Crippen molar-refractivity contribution in [2.45, 2.75) is 52.1 Å². The van der Waals surface area contributed by atoms with Gasteiger partial charge in [-0.3, -0.25) is 14.5 Å². The molecular weight excluding hydrogens is 320 g/mol. The van der Waals surface area contributed by atoms with Gasteiger partial charge >= 0.3 is 0 Å². The maximum absolute atomic E-state index is 12.5. The van der Waals surface area contributed by atoms with E-state index in [0.29, 0.717) is 16.5 Å². The highest BCUT2D eigenvalue weighted by Crippen LogP contribution is 2.23. The SMILES string of the molecule is Cc1cccc(-c2n[nH]c(=S)n2CC(=O)NC2CCCC(C)C2)c1. The number of rotatable bonds is 4. The molecule has 1 amide bonds. The second kappa shape index (κ2) is 7.30. The van der Waals surface area contributed by atoms with E-state index in [0.717, 1.165) is 24.0 Å². The summed E-state index contributed by atoms with van der Waals surface area (Å²) >= 11 is 5.31. The van der Waals surface area contributed by atoms with Crippen molar-refractivity contribution in [2.24, 2.45) is 5.92 Å². The van der Waals surface area contributed by atoms with Gasteiger partial charge in [0.25, 0.3) is 0 Å². The average molecular weight is 344 g/mol. The molecular formula is C18H24N4OS. The highest BCUT2D eigenvalue weighted by molar-refractivity contribution is 7.71. The number of nitrogens with zero attached hydrogens (tertiary/aromatic N) is 2. The summed E-state index contributed by atoms with van der Waals surface area (Å²) < 4.78 is 2.24. The lowest BCUT2D eigenvalue weighted by atomic mass is 9.87. The van der Waals surface area contributed by atoms with Crippen LogP contribution in [-0.2, 0) is 11.3 Å². The molecule has 1 heterocycles. The van der Waals surface area contributed by atoms with Gasteiger partial charge in [0, 0.05) is 11.6 Å². The van der Waals surface area contributed by atoms with E-state index in [2.05, 4.69) is 22.4 Å². The van der Waals surface area contributed by atoms with Crippen LogP contribution < -0.4 is 5.32 Å². The molecule has 1 aromatic carbocycles. The molecule has 6 heteroatoms. The van der Waals surface area contributed by atoms with Gasteiger partial charge in [0.2, 0.25) is 5.91 Å². The van der Waals surface area contributed by atoms with Gasteiger partial charge < -0.3 is 5.32 Å². The summed E-state index contributed by atoms with van der Waals surface area (Å²) in [7, 11) is 0. The summed E-state index contributed by atoms with van der Waals surface area (Å²) in [6.07, 6.45) is 4.58. The van der Waals surface area contributed by atoms with Crippen LogP contribution in [0.15, 0.2) is 24.3 Å². The zero-order valence-electron chi connectivity index (χ0n) is 14.2. The minimum absolute atomic E-state index is 0.000466. The number of carbonyl (C=O) groups excluding carboxylic acids is 1. The zero-order chi connectivity index (χ0) is 17.1. The minimum atomic E-state index is 0.000466. The predicted octanol–water partition coefficient (Wildman–Crippen LogP) is 3.61. The number of amides is 1. The first kappa shape index (κ1) is 16.9. The normalized spacial score (nSPS) is 20.8. The first-order valence-electron chi connectivity index (χ1n) is 8.54. The molecule has 0 radical (unpaired) electrons. The van der Waals surface area contributed by atoms with Crippen LogP contribution in [0.5, 0.6) is 0 Å². The molecule has 1 fully saturated rings. The summed E-state index contributed by atoms with van der Waals surface area (Å²) in [5, 5.41) is 10.3. The van der Waals surface area contributed by atoms with Crippen LogP contribution in [0.1, 0.15) is 38.2 Å². The van der Waals surface area contributed by atoms with Crippen LogP contribution in [0, 0.1) is 17.6 Å². The fourth-order valence-electron chi connectivity index (χ4n) is 3.45. The second-order valence-electron chi connectivity index (χ2n) is 6.84. The standard InChI is InChI=1S/C18H24N4OS/c1-12-5-3-7-14(9-12)17-20-21-18(24)22(17)11-16(23)19-15-8-4-6-13(2)10-15/h3,5,7,9,13,15H,4,6,8,10-11H2,1-2H3,(H,19,23)(H,21,24). The number of H-pyrrole nitrogens is 1. The summed E-state index contributed by atoms with van der Waals surface area (Å²) in [4.78, 5) is 12.5. The van der Waals surface area contributed by atoms with E-state index in [1.165, 1.54) is 12.8 Å². The number of carbonyl (C=O) groups is 1. The monoisotopic (exact) mass is 344 g/mol. The third kappa shape index (κ3) is 3.93. The van der Waals surface area contributed by atoms with Crippen molar-refractivity contribution < 1.29 is 4.79 Å². The van der Waals surface area contributed by atoms with Crippen molar-refractivity contribution >= 4 is 18.1 Å². The second-order valence-corrected chi connectivity index (χ2v) is 7.23. The summed E-state index contributed by atoms with van der Waals surface area (Å²) in [5.74, 6) is 1.39. The number of hydrogen-bond acceptors (Lipinski definition) is 3. The molecule has 5 nitrogen and oxygen atoms in total. The van der Waals surface area contributed by atoms with Crippen LogP contribution in [-0.4, -0.2) is 26.7 Å². The Morgan fingerprint density at radius 3 is 3.04 bits per heavy atom. The molecule has 24 heavy (non-hydrogen) atoms. The number of aromatic nitrogens is 3. The Bertz CT molecular complexity index is 779. The van der Waals surface area contributed by atoms with Crippen molar-refractivity contribution in [1.82, 2.24) is 20.1 Å². The minimum Gasteiger partial charge on any atom is -0.352 e. The number of aromatic amines is 1. The molecule has 1 saturated carbocycles. The first-order valence-corrected chi connectivity index (χ1v) is 8.95. The highest BCUT2D eigenvalue weighted by Gasteiger charge is 2.21. The van der Waals surface area contributed by atoms with Crippen molar-refractivity contribution in [1.29, 1.82) is 0 Å². The van der Waals surface area contributed by atoms with Gasteiger partial charge in [0.05, 0.1) is 0 Å². The van der Waals surface area contributed by atoms with E-state index < -0.39 is 0 Å². The fraction of sp³-hybridized carbons (Fsp3) is 0.500. The van der Waals surface area contributed by atoms with Crippen molar-refractivity contribution in [3.8, 4) is 11.4 Å². The molecule has 0 spiro atoms. The lowest BCUT2D eigenvalue weighted by Crippen LogP contribution is -2.39. The maximum Gasteiger partial charge on any atom is 0.240 e. The molecule has 0 aliphatic heterocycles. The molecule has 2 unspecified atom stereocenters. The Kier molecular flexibility index (Phi) is 5.14. The average Bonchev–Trinajstić information content (AvgIpc) is 2.88. The molecule has 1 aliphatic carbocycles. The smallest absolute Gasteiger partial charge is 0.240 e. The molecule has 2 N–H and O–H groups in total. The van der Waals surface area contributed by atoms with E-state index >= 15 is 0 Å². The van der Waals surface area contributed by atoms with Crippen LogP contribution in [0.4, 0.5) is 0 Å². The van der Waals surface area contributed by atoms with Crippen LogP contribution in [0.3, 0.4) is 0 Å². The van der Waals surface area contributed by atoms with E-state index in [4.69, 9.17) is 12.2 Å². The quantitative estimate of drug-likeness (QED) is 0.833. The Morgan fingerprint density at radius 2 is 2.29 bits per heavy atom. The van der Waals surface area contributed by atoms with Crippen LogP contribution in [0.25, 0.3) is 11.4 Å². The molecule has 0 saturated heterocycles. The Hall–Kier alpha value is -1.95. The summed E-state index contributed by atoms with van der Waals surface area (Å²) in [6.45, 7) is 4.48. The van der Waals surface area contributed by atoms with Crippen molar-refractivity contribution in [2.75, 3.05) is 0 Å². The molecule has 2 aromatic rings. The number of nitrogens with one attached hydrogen (secondary N) is 2. The number of benzene rings is 1. The van der Waals surface area contributed by atoms with E-state index in [1.54, 1.807) is 4.57 Å². The largest absolute Gasteiger partial charge is 0.352 e. The van der Waals surface area contributed by atoms with Crippen LogP contribution in [0.2, 0.25) is 0 Å². The van der Waals surface area contributed by atoms with Crippen molar-refractivity contribution in [3.05, 3.63) is 34.6 Å². The van der Waals surface area contributed by atoms with Gasteiger partial charge in [-0.25, -0.2) is 0 Å². The van der Waals surface area contributed by atoms with Crippen molar-refractivity contribution in [3.63, 3.8) is 0 Å². The highest BCUT2D eigenvalue weighted by atomic mass is 32.1. The zero-order valence-corrected chi connectivity index (χ0v) is 15.0. The van der Waals surface area contributed by atoms with Gasteiger partial charge in [-0.05, 0) is 44.0 Å². The van der Waals surface area contributed by atoms with E-state index in [1.807, 2.05) is 31.2 Å². The maximum atomic E-state index is 12.5. The lowest BCUT2D eigenvalue weighted by Gasteiger charge is -2.27. The Balaban J connectivity index is 1.74. The third-order valence-electron chi connectivity index (χ3n) is 4.64. The topological polar surface area (TPSA) is 62.7 Å². The third-order valence-corrected chi connectivity index (χ3v) is 4.95. The predicted molar refractivity (Wildman–Crippen MR) is 97.1 cm³/mol. The van der Waals surface area contributed by atoms with Gasteiger partial charge in [0.1, 0.15) is 6.54 Å². The van der Waals surface area contributed by atoms with E-state index in [-0.39, 0.29) is 18.5 Å². The van der Waals surface area contributed by atoms with Crippen LogP contribution >= 0.6 is 12.2 Å². The van der Waals surface area contributed by atoms with Gasteiger partial charge in [0.15, 0.2) is 10.6 Å². The lowest BCUT2D eigenvalue weighted by molar-refractivity contribution is -0.122. The van der Waals surface area contributed by atoms with Gasteiger partial charge in [-0.2, -0.15) is 5.10 Å². The number of hydrogen-bond donors (Lipinski definition) is 2. The van der Waals surface area contributed by atoms with Gasteiger partial charge in [-0.15, -0.1) is 0 Å². The fourth-order valence-corrected chi connectivity index (χ4v) is 3.65. The summed E-state index contributed by atoms with van der Waals surface area (Å²) in [6, 6.07) is 8.32. The first-order chi connectivity index (χ1) is 11.5. The van der Waals surface area contributed by atoms with E-state index in [9.17, 15) is 4.79 Å². The molecule has 128 valence electrons. The van der Waals surface area contributed by atoms with Gasteiger partial charge in [-0.1, -0.05) is 43.5 Å². The molecule has 1 aliphatic rings. The number of aryl methyl sites for hydroxylation is 1. The Labute approximate surface area is 147 Å². The molecule has 3 rings (SSSR count). The molecule has 0 bridgehead atoms. The molecule has 1 aromatic heterocycles. The molecule has 2 atom stereocenters. The Morgan fingerprint density at radius 1 is 1.46 bits per heavy atom. The summed E-state index contributed by atoms with van der Waals surface area (Å²) in [5.41, 5.74) is 2.11.